The Morgan fingerprint density at radius 3 is 1.83 bits per heavy atom. The van der Waals surface area contributed by atoms with Gasteiger partial charge in [-0.15, -0.1) is 0 Å². The highest BCUT2D eigenvalue weighted by Crippen LogP contribution is 3.13. The van der Waals surface area contributed by atoms with Crippen molar-refractivity contribution in [1.82, 2.24) is 0 Å². The van der Waals surface area contributed by atoms with Crippen LogP contribution in [0.15, 0.2) is 35.5 Å². The molecule has 2 atom stereocenters. The summed E-state index contributed by atoms with van der Waals surface area (Å²) in [7, 11) is 0. The molecule has 6 aliphatic carbocycles. The van der Waals surface area contributed by atoms with Crippen LogP contribution in [0.5, 0.6) is 0 Å². The Morgan fingerprint density at radius 2 is 1.33 bits per heavy atom. The van der Waals surface area contributed by atoms with Crippen molar-refractivity contribution in [2.75, 3.05) is 0 Å². The predicted octanol–water partition coefficient (Wildman–Crippen LogP) is 1.91. The molecule has 3 fully saturated rings. The molecule has 0 bridgehead atoms. The van der Waals surface area contributed by atoms with Crippen molar-refractivity contribution in [2.45, 2.75) is 0 Å². The molecule has 0 aromatic heterocycles. The van der Waals surface area contributed by atoms with Crippen molar-refractivity contribution in [3.63, 3.8) is 0 Å². The van der Waals surface area contributed by atoms with Gasteiger partial charge in [0.05, 0.1) is 0 Å². The first kappa shape index (κ1) is 4.45. The van der Waals surface area contributed by atoms with Crippen molar-refractivity contribution in [2.24, 2.45) is 34.5 Å². The fourth-order valence-electron chi connectivity index (χ4n) is 5.83. The van der Waals surface area contributed by atoms with Crippen molar-refractivity contribution in [3.8, 4) is 0 Å². The second-order valence-electron chi connectivity index (χ2n) is 5.41. The van der Waals surface area contributed by atoms with E-state index in [0.717, 1.165) is 34.5 Å². The second kappa shape index (κ2) is 0.787. The summed E-state index contributed by atoms with van der Waals surface area (Å²) < 4.78 is 0. The Balaban J connectivity index is 1.97. The molecule has 3 saturated carbocycles. The van der Waals surface area contributed by atoms with Crippen molar-refractivity contribution >= 4 is 0 Å². The Hall–Kier alpha value is -0.780. The highest BCUT2D eigenvalue weighted by molar-refractivity contribution is 5.77. The van der Waals surface area contributed by atoms with E-state index in [9.17, 15) is 0 Å². The molecule has 6 rings (SSSR count). The van der Waals surface area contributed by atoms with E-state index in [2.05, 4.69) is 24.3 Å². The van der Waals surface area contributed by atoms with Crippen LogP contribution in [0.1, 0.15) is 0 Å². The molecular weight excluding hydrogens is 144 g/mol. The third-order valence-corrected chi connectivity index (χ3v) is 5.94. The van der Waals surface area contributed by atoms with E-state index >= 15 is 0 Å². The van der Waals surface area contributed by atoms with E-state index < -0.39 is 0 Å². The van der Waals surface area contributed by atoms with E-state index in [0.29, 0.717) is 0 Å². The van der Waals surface area contributed by atoms with Gasteiger partial charge in [0.1, 0.15) is 0 Å². The van der Waals surface area contributed by atoms with E-state index in [1.807, 2.05) is 0 Å². The lowest BCUT2D eigenvalue weighted by atomic mass is 9.56. The third kappa shape index (κ3) is 0.142. The molecule has 6 aliphatic rings. The number of hydrogen-bond acceptors (Lipinski definition) is 0. The lowest BCUT2D eigenvalue weighted by molar-refractivity contribution is 0.193. The largest absolute Gasteiger partial charge is 0.0799 e. The first-order chi connectivity index (χ1) is 5.95. The predicted molar refractivity (Wildman–Crippen MR) is 44.1 cm³/mol. The highest BCUT2D eigenvalue weighted by Gasteiger charge is 3.10. The molecule has 0 amide bonds. The molecule has 0 saturated heterocycles. The Kier molecular flexibility index (Phi) is 0.292. The van der Waals surface area contributed by atoms with Crippen LogP contribution in [-0.2, 0) is 0 Å². The van der Waals surface area contributed by atoms with Crippen molar-refractivity contribution < 1.29 is 0 Å². The summed E-state index contributed by atoms with van der Waals surface area (Å²) in [6, 6.07) is 0. The third-order valence-electron chi connectivity index (χ3n) is 5.94. The fraction of sp³-hybridized carbons (Fsp3) is 0.500. The molecule has 2 spiro atoms. The van der Waals surface area contributed by atoms with Gasteiger partial charge in [0.25, 0.3) is 0 Å². The molecule has 56 valence electrons. The summed E-state index contributed by atoms with van der Waals surface area (Å²) in [4.78, 5) is 0. The number of hydrogen-bond donors (Lipinski definition) is 0. The first-order valence-corrected chi connectivity index (χ1v) is 5.05. The second-order valence-corrected chi connectivity index (χ2v) is 5.41. The summed E-state index contributed by atoms with van der Waals surface area (Å²) in [6.07, 6.45) is 9.89. The number of allylic oxidation sites excluding steroid dienone is 6. The van der Waals surface area contributed by atoms with Crippen molar-refractivity contribution in [1.29, 1.82) is 0 Å². The minimum Gasteiger partial charge on any atom is -0.0799 e. The molecule has 0 heteroatoms. The summed E-state index contributed by atoms with van der Waals surface area (Å²) in [5.74, 6) is 4.14. The van der Waals surface area contributed by atoms with E-state index in [1.165, 1.54) is 0 Å². The van der Waals surface area contributed by atoms with Gasteiger partial charge in [-0.25, -0.2) is 0 Å². The highest BCUT2D eigenvalue weighted by atomic mass is 15.1. The first-order valence-electron chi connectivity index (χ1n) is 5.05. The van der Waals surface area contributed by atoms with Gasteiger partial charge in [0, 0.05) is 0 Å². The van der Waals surface area contributed by atoms with Crippen LogP contribution in [0.2, 0.25) is 0 Å². The zero-order chi connectivity index (χ0) is 7.29. The summed E-state index contributed by atoms with van der Waals surface area (Å²) in [6.45, 7) is 0. The van der Waals surface area contributed by atoms with Crippen LogP contribution in [0, 0.1) is 34.5 Å². The molecule has 0 aliphatic heterocycles. The average molecular weight is 152 g/mol. The van der Waals surface area contributed by atoms with E-state index in [4.69, 9.17) is 0 Å². The monoisotopic (exact) mass is 152 g/mol. The molecule has 0 N–H and O–H groups in total. The molecule has 0 aromatic carbocycles. The Morgan fingerprint density at radius 1 is 0.833 bits per heavy atom. The van der Waals surface area contributed by atoms with Gasteiger partial charge < -0.3 is 0 Å². The van der Waals surface area contributed by atoms with Gasteiger partial charge in [-0.2, -0.15) is 0 Å². The average Bonchev–Trinajstić information content (AvgIpc) is 2.77. The van der Waals surface area contributed by atoms with Crippen LogP contribution in [0.3, 0.4) is 0 Å². The normalized spacial score (nSPS) is 79.3. The summed E-state index contributed by atoms with van der Waals surface area (Å²) >= 11 is 0. The van der Waals surface area contributed by atoms with Gasteiger partial charge in [-0.3, -0.25) is 0 Å². The van der Waals surface area contributed by atoms with Gasteiger partial charge in [-0.1, -0.05) is 24.3 Å². The lowest BCUT2D eigenvalue weighted by Gasteiger charge is -2.47. The van der Waals surface area contributed by atoms with Crippen molar-refractivity contribution in [3.05, 3.63) is 35.5 Å². The Labute approximate surface area is 70.6 Å². The van der Waals surface area contributed by atoms with Gasteiger partial charge in [-0.05, 0) is 45.6 Å². The molecule has 0 nitrogen and oxygen atoms in total. The smallest absolute Gasteiger partial charge is 0.000997 e. The standard InChI is InChI=1S/C12H8/c1-3-7-11-8-4-2-6-5(1)9(11)10(6)12(7,8)11/h1-4,7-10H. The lowest BCUT2D eigenvalue weighted by Crippen LogP contribution is -2.41. The van der Waals surface area contributed by atoms with Crippen LogP contribution in [0.25, 0.3) is 0 Å². The Bertz CT molecular complexity index is 422. The maximum absolute atomic E-state index is 2.52. The minimum atomic E-state index is 0.845. The van der Waals surface area contributed by atoms with E-state index in [-0.39, 0.29) is 0 Å². The van der Waals surface area contributed by atoms with Crippen LogP contribution >= 0.6 is 0 Å². The molecule has 12 heavy (non-hydrogen) atoms. The molecular formula is C12H8. The van der Waals surface area contributed by atoms with Gasteiger partial charge in [0.2, 0.25) is 0 Å². The van der Waals surface area contributed by atoms with Gasteiger partial charge >= 0.3 is 0 Å². The fourth-order valence-corrected chi connectivity index (χ4v) is 5.83. The summed E-state index contributed by atoms with van der Waals surface area (Å²) in [5, 5.41) is 0. The van der Waals surface area contributed by atoms with Crippen LogP contribution in [-0.4, -0.2) is 0 Å². The molecule has 0 heterocycles. The number of rotatable bonds is 0. The quantitative estimate of drug-likeness (QED) is 0.497. The maximum atomic E-state index is 2.52. The molecule has 0 aromatic rings. The topological polar surface area (TPSA) is 0 Å². The van der Waals surface area contributed by atoms with Gasteiger partial charge in [0.15, 0.2) is 0 Å². The van der Waals surface area contributed by atoms with E-state index in [1.54, 1.807) is 11.1 Å². The van der Waals surface area contributed by atoms with Crippen LogP contribution < -0.4 is 0 Å². The zero-order valence-corrected chi connectivity index (χ0v) is 6.62. The zero-order valence-electron chi connectivity index (χ0n) is 6.62. The molecule has 0 radical (unpaired) electrons. The maximum Gasteiger partial charge on any atom is -0.000997 e. The SMILES string of the molecule is C1=CC2C34C5C1=C1C=CC3C24C15. The molecule has 2 unspecified atom stereocenters. The summed E-state index contributed by atoms with van der Waals surface area (Å²) in [5.41, 5.74) is 5.14. The van der Waals surface area contributed by atoms with Crippen LogP contribution in [0.4, 0.5) is 0 Å². The minimum absolute atomic E-state index is 0.845.